The third-order valence-electron chi connectivity index (χ3n) is 4.77. The highest BCUT2D eigenvalue weighted by molar-refractivity contribution is 4.86. The van der Waals surface area contributed by atoms with Crippen molar-refractivity contribution in [3.63, 3.8) is 0 Å². The van der Waals surface area contributed by atoms with Crippen LogP contribution in [0.5, 0.6) is 0 Å². The van der Waals surface area contributed by atoms with E-state index in [0.717, 1.165) is 12.3 Å². The van der Waals surface area contributed by atoms with Gasteiger partial charge < -0.3 is 5.11 Å². The number of aliphatic hydroxyl groups is 1. The molecule has 96 valence electrons. The molecule has 1 nitrogen and oxygen atoms in total. The standard InChI is InChI=1S/C15H30O/c1-3-5-12-15(4-2,13-16)14-10-8-6-7-9-11-14/h14,16H,3-13H2,1-2H3. The summed E-state index contributed by atoms with van der Waals surface area (Å²) in [4.78, 5) is 0. The minimum Gasteiger partial charge on any atom is -0.396 e. The minimum atomic E-state index is 0.250. The Bertz CT molecular complexity index is 164. The molecule has 16 heavy (non-hydrogen) atoms. The zero-order valence-electron chi connectivity index (χ0n) is 11.3. The quantitative estimate of drug-likeness (QED) is 0.659. The molecular weight excluding hydrogens is 196 g/mol. The number of aliphatic hydroxyl groups excluding tert-OH is 1. The van der Waals surface area contributed by atoms with Crippen molar-refractivity contribution in [3.8, 4) is 0 Å². The first kappa shape index (κ1) is 14.0. The van der Waals surface area contributed by atoms with Gasteiger partial charge in [-0.1, -0.05) is 52.4 Å². The van der Waals surface area contributed by atoms with Gasteiger partial charge in [0.15, 0.2) is 0 Å². The Hall–Kier alpha value is -0.0400. The molecule has 0 aromatic rings. The molecule has 1 saturated carbocycles. The molecule has 0 aromatic heterocycles. The fourth-order valence-electron chi connectivity index (χ4n) is 3.41. The molecular formula is C15H30O. The maximum absolute atomic E-state index is 9.85. The molecule has 0 saturated heterocycles. The van der Waals surface area contributed by atoms with E-state index in [-0.39, 0.29) is 5.41 Å². The first-order valence-corrected chi connectivity index (χ1v) is 7.40. The normalized spacial score (nSPS) is 22.7. The molecule has 1 rings (SSSR count). The second-order valence-corrected chi connectivity index (χ2v) is 5.67. The van der Waals surface area contributed by atoms with Gasteiger partial charge in [0.05, 0.1) is 0 Å². The fraction of sp³-hybridized carbons (Fsp3) is 1.00. The van der Waals surface area contributed by atoms with E-state index < -0.39 is 0 Å². The van der Waals surface area contributed by atoms with Gasteiger partial charge in [-0.25, -0.2) is 0 Å². The zero-order chi connectivity index (χ0) is 11.9. The maximum Gasteiger partial charge on any atom is 0.0489 e. The second-order valence-electron chi connectivity index (χ2n) is 5.67. The first-order valence-electron chi connectivity index (χ1n) is 7.40. The van der Waals surface area contributed by atoms with Gasteiger partial charge in [0.1, 0.15) is 0 Å². The molecule has 0 aromatic carbocycles. The number of hydrogen-bond acceptors (Lipinski definition) is 1. The van der Waals surface area contributed by atoms with Crippen LogP contribution in [-0.4, -0.2) is 11.7 Å². The van der Waals surface area contributed by atoms with Crippen molar-refractivity contribution >= 4 is 0 Å². The summed E-state index contributed by atoms with van der Waals surface area (Å²) >= 11 is 0. The van der Waals surface area contributed by atoms with Crippen molar-refractivity contribution in [1.29, 1.82) is 0 Å². The van der Waals surface area contributed by atoms with E-state index in [4.69, 9.17) is 0 Å². The van der Waals surface area contributed by atoms with E-state index in [9.17, 15) is 5.11 Å². The number of unbranched alkanes of at least 4 members (excludes halogenated alkanes) is 1. The molecule has 0 spiro atoms. The van der Waals surface area contributed by atoms with Crippen molar-refractivity contribution in [3.05, 3.63) is 0 Å². The van der Waals surface area contributed by atoms with E-state index in [1.54, 1.807) is 0 Å². The molecule has 0 amide bonds. The Morgan fingerprint density at radius 2 is 1.69 bits per heavy atom. The van der Waals surface area contributed by atoms with Crippen LogP contribution in [0.4, 0.5) is 0 Å². The van der Waals surface area contributed by atoms with E-state index in [2.05, 4.69) is 13.8 Å². The molecule has 1 fully saturated rings. The van der Waals surface area contributed by atoms with Gasteiger partial charge >= 0.3 is 0 Å². The van der Waals surface area contributed by atoms with Gasteiger partial charge in [-0.05, 0) is 37.0 Å². The fourth-order valence-corrected chi connectivity index (χ4v) is 3.41. The molecule has 1 heteroatoms. The molecule has 1 aliphatic carbocycles. The molecule has 1 aliphatic rings. The average Bonchev–Trinajstić information content (AvgIpc) is 2.61. The van der Waals surface area contributed by atoms with Crippen LogP contribution in [0.15, 0.2) is 0 Å². The largest absolute Gasteiger partial charge is 0.396 e. The summed E-state index contributed by atoms with van der Waals surface area (Å²) < 4.78 is 0. The van der Waals surface area contributed by atoms with Crippen LogP contribution in [0, 0.1) is 11.3 Å². The second kappa shape index (κ2) is 7.32. The molecule has 1 atom stereocenters. The van der Waals surface area contributed by atoms with Crippen LogP contribution in [0.25, 0.3) is 0 Å². The molecule has 0 radical (unpaired) electrons. The molecule has 1 unspecified atom stereocenters. The Balaban J connectivity index is 2.64. The van der Waals surface area contributed by atoms with Crippen LogP contribution in [0.1, 0.15) is 78.1 Å². The van der Waals surface area contributed by atoms with Gasteiger partial charge in [0.2, 0.25) is 0 Å². The SMILES string of the molecule is CCCCC(CC)(CO)C1CCCCCC1. The Labute approximate surface area is 102 Å². The smallest absolute Gasteiger partial charge is 0.0489 e. The Kier molecular flexibility index (Phi) is 6.41. The summed E-state index contributed by atoms with van der Waals surface area (Å²) in [6.45, 7) is 4.94. The highest BCUT2D eigenvalue weighted by Gasteiger charge is 2.35. The number of rotatable bonds is 6. The summed E-state index contributed by atoms with van der Waals surface area (Å²) in [5, 5.41) is 9.85. The molecule has 1 N–H and O–H groups in total. The highest BCUT2D eigenvalue weighted by Crippen LogP contribution is 2.43. The predicted octanol–water partition coefficient (Wildman–Crippen LogP) is 4.54. The Morgan fingerprint density at radius 3 is 2.12 bits per heavy atom. The summed E-state index contributed by atoms with van der Waals surface area (Å²) in [5.41, 5.74) is 0.250. The summed E-state index contributed by atoms with van der Waals surface area (Å²) in [6, 6.07) is 0. The monoisotopic (exact) mass is 226 g/mol. The van der Waals surface area contributed by atoms with Crippen LogP contribution in [0.3, 0.4) is 0 Å². The molecule has 0 aliphatic heterocycles. The van der Waals surface area contributed by atoms with Gasteiger partial charge in [-0.15, -0.1) is 0 Å². The minimum absolute atomic E-state index is 0.250. The van der Waals surface area contributed by atoms with Crippen molar-refractivity contribution < 1.29 is 5.11 Å². The highest BCUT2D eigenvalue weighted by atomic mass is 16.3. The van der Waals surface area contributed by atoms with Crippen molar-refractivity contribution in [2.75, 3.05) is 6.61 Å². The lowest BCUT2D eigenvalue weighted by atomic mass is 9.67. The summed E-state index contributed by atoms with van der Waals surface area (Å²) in [7, 11) is 0. The lowest BCUT2D eigenvalue weighted by Crippen LogP contribution is -2.33. The third-order valence-corrected chi connectivity index (χ3v) is 4.77. The van der Waals surface area contributed by atoms with Crippen LogP contribution in [0.2, 0.25) is 0 Å². The van der Waals surface area contributed by atoms with Crippen molar-refractivity contribution in [1.82, 2.24) is 0 Å². The number of hydrogen-bond donors (Lipinski definition) is 1. The molecule has 0 heterocycles. The van der Waals surface area contributed by atoms with Gasteiger partial charge in [0.25, 0.3) is 0 Å². The summed E-state index contributed by atoms with van der Waals surface area (Å²) in [5.74, 6) is 0.788. The van der Waals surface area contributed by atoms with Crippen LogP contribution < -0.4 is 0 Å². The van der Waals surface area contributed by atoms with E-state index in [0.29, 0.717) is 6.61 Å². The average molecular weight is 226 g/mol. The lowest BCUT2D eigenvalue weighted by molar-refractivity contribution is 0.0366. The van der Waals surface area contributed by atoms with E-state index in [1.807, 2.05) is 0 Å². The summed E-state index contributed by atoms with van der Waals surface area (Å²) in [6.07, 6.45) is 13.3. The third kappa shape index (κ3) is 3.48. The predicted molar refractivity (Wildman–Crippen MR) is 70.5 cm³/mol. The van der Waals surface area contributed by atoms with E-state index >= 15 is 0 Å². The lowest BCUT2D eigenvalue weighted by Gasteiger charge is -2.39. The van der Waals surface area contributed by atoms with Gasteiger partial charge in [0, 0.05) is 6.61 Å². The zero-order valence-corrected chi connectivity index (χ0v) is 11.3. The first-order chi connectivity index (χ1) is 7.79. The topological polar surface area (TPSA) is 20.2 Å². The van der Waals surface area contributed by atoms with Gasteiger partial charge in [-0.2, -0.15) is 0 Å². The van der Waals surface area contributed by atoms with E-state index in [1.165, 1.54) is 57.8 Å². The van der Waals surface area contributed by atoms with Crippen LogP contribution in [-0.2, 0) is 0 Å². The van der Waals surface area contributed by atoms with Crippen LogP contribution >= 0.6 is 0 Å². The maximum atomic E-state index is 9.85. The Morgan fingerprint density at radius 1 is 1.06 bits per heavy atom. The van der Waals surface area contributed by atoms with Crippen molar-refractivity contribution in [2.45, 2.75) is 78.1 Å². The van der Waals surface area contributed by atoms with Gasteiger partial charge in [-0.3, -0.25) is 0 Å². The molecule has 0 bridgehead atoms. The van der Waals surface area contributed by atoms with Crippen molar-refractivity contribution in [2.24, 2.45) is 11.3 Å².